The number of carbonyl (C=O) groups excluding carboxylic acids is 1. The van der Waals surface area contributed by atoms with Crippen LogP contribution in [-0.2, 0) is 17.0 Å². The molecule has 5 rings (SSSR count). The van der Waals surface area contributed by atoms with E-state index in [-0.39, 0.29) is 12.0 Å². The molecule has 3 aromatic rings. The normalized spacial score (nSPS) is 21.4. The van der Waals surface area contributed by atoms with E-state index < -0.39 is 11.5 Å². The number of hydrogen-bond acceptors (Lipinski definition) is 6. The summed E-state index contributed by atoms with van der Waals surface area (Å²) >= 11 is 3.50. The van der Waals surface area contributed by atoms with Gasteiger partial charge in [0.2, 0.25) is 0 Å². The Kier molecular flexibility index (Phi) is 7.80. The van der Waals surface area contributed by atoms with Gasteiger partial charge in [-0.05, 0) is 60.4 Å². The third kappa shape index (κ3) is 5.73. The summed E-state index contributed by atoms with van der Waals surface area (Å²) in [6.45, 7) is 6.92. The second-order valence-corrected chi connectivity index (χ2v) is 11.8. The fourth-order valence-corrected chi connectivity index (χ4v) is 5.93. The number of nitrogens with zero attached hydrogens (tertiary/aromatic N) is 2. The van der Waals surface area contributed by atoms with Crippen LogP contribution < -0.4 is 15.2 Å². The van der Waals surface area contributed by atoms with E-state index in [2.05, 4.69) is 51.8 Å². The average molecular weight is 593 g/mol. The van der Waals surface area contributed by atoms with E-state index in [4.69, 9.17) is 15.2 Å². The van der Waals surface area contributed by atoms with Crippen molar-refractivity contribution in [3.8, 4) is 11.5 Å². The molecule has 39 heavy (non-hydrogen) atoms. The van der Waals surface area contributed by atoms with Crippen molar-refractivity contribution in [3.63, 3.8) is 0 Å². The molecule has 1 atom stereocenters. The second kappa shape index (κ2) is 11.1. The minimum Gasteiger partial charge on any atom is -0.487 e. The molecule has 1 fully saturated rings. The van der Waals surface area contributed by atoms with E-state index in [0.29, 0.717) is 18.8 Å². The monoisotopic (exact) mass is 591 g/mol. The van der Waals surface area contributed by atoms with Crippen molar-refractivity contribution in [3.05, 3.63) is 93.7 Å². The molecule has 1 saturated heterocycles. The molecule has 2 aliphatic heterocycles. The summed E-state index contributed by atoms with van der Waals surface area (Å²) in [6.07, 6.45) is 5.48. The molecular formula is C31H34BrN3O4. The largest absolute Gasteiger partial charge is 0.487 e. The van der Waals surface area contributed by atoms with Crippen molar-refractivity contribution in [2.24, 2.45) is 11.1 Å². The van der Waals surface area contributed by atoms with Crippen LogP contribution in [0.1, 0.15) is 49.1 Å². The number of ether oxygens (including phenoxy) is 2. The highest BCUT2D eigenvalue weighted by atomic mass is 79.9. The van der Waals surface area contributed by atoms with Gasteiger partial charge in [-0.2, -0.15) is 0 Å². The molecule has 7 nitrogen and oxygen atoms in total. The Labute approximate surface area is 237 Å². The molecule has 3 N–H and O–H groups in total. The van der Waals surface area contributed by atoms with Crippen LogP contribution in [0.2, 0.25) is 0 Å². The number of carbonyl (C=O) groups is 1. The summed E-state index contributed by atoms with van der Waals surface area (Å²) < 4.78 is 12.7. The zero-order chi connectivity index (χ0) is 27.6. The molecule has 8 heteroatoms. The average Bonchev–Trinajstić information content (AvgIpc) is 3.06. The number of likely N-dealkylation sites (tertiary alicyclic amines) is 1. The molecular weight excluding hydrogens is 558 g/mol. The lowest BCUT2D eigenvalue weighted by Crippen LogP contribution is -2.55. The van der Waals surface area contributed by atoms with Gasteiger partial charge in [0, 0.05) is 46.8 Å². The van der Waals surface area contributed by atoms with Crippen LogP contribution in [0.15, 0.2) is 71.3 Å². The van der Waals surface area contributed by atoms with Gasteiger partial charge < -0.3 is 25.2 Å². The summed E-state index contributed by atoms with van der Waals surface area (Å²) in [6, 6.07) is 17.6. The number of aliphatic hydroxyl groups is 1. The maximum atomic E-state index is 11.7. The minimum atomic E-state index is -0.883. The maximum Gasteiger partial charge on any atom is 0.255 e. The second-order valence-electron chi connectivity index (χ2n) is 10.9. The van der Waals surface area contributed by atoms with E-state index in [1.54, 1.807) is 12.3 Å². The zero-order valence-corrected chi connectivity index (χ0v) is 23.9. The van der Waals surface area contributed by atoms with Crippen LogP contribution >= 0.6 is 15.9 Å². The first-order chi connectivity index (χ1) is 18.7. The van der Waals surface area contributed by atoms with Crippen LogP contribution in [0, 0.1) is 5.41 Å². The molecule has 1 amide bonds. The van der Waals surface area contributed by atoms with E-state index in [1.807, 2.05) is 42.5 Å². The Hall–Kier alpha value is -3.20. The first-order valence-corrected chi connectivity index (χ1v) is 14.0. The van der Waals surface area contributed by atoms with Crippen molar-refractivity contribution in [2.45, 2.75) is 38.9 Å². The van der Waals surface area contributed by atoms with Crippen molar-refractivity contribution in [2.75, 3.05) is 26.2 Å². The standard InChI is InChI=1S/C31H34BrN3O4/c1-30(2)20-35(16-13-31(30,37)21-7-9-22(32)10-8-21)15-4-6-24-25-5-3-14-34-27(25)18-39-28-12-11-23(17-26(24)28)38-19-29(33)36/h3,5-12,14,17,37H,4,13,15-16,18-20H2,1-2H3,(H2,33,36)/b24-6+/t31-/m0/s1. The van der Waals surface area contributed by atoms with E-state index >= 15 is 0 Å². The highest BCUT2D eigenvalue weighted by Gasteiger charge is 2.48. The van der Waals surface area contributed by atoms with Crippen LogP contribution in [0.4, 0.5) is 0 Å². The van der Waals surface area contributed by atoms with Crippen LogP contribution in [0.5, 0.6) is 11.5 Å². The van der Waals surface area contributed by atoms with Gasteiger partial charge in [-0.3, -0.25) is 9.78 Å². The van der Waals surface area contributed by atoms with Gasteiger partial charge in [-0.15, -0.1) is 0 Å². The zero-order valence-electron chi connectivity index (χ0n) is 22.3. The fraction of sp³-hybridized carbons (Fsp3) is 0.355. The molecule has 3 heterocycles. The number of hydrogen-bond donors (Lipinski definition) is 2. The fourth-order valence-electron chi connectivity index (χ4n) is 5.67. The van der Waals surface area contributed by atoms with Gasteiger partial charge in [-0.25, -0.2) is 0 Å². The third-order valence-electron chi connectivity index (χ3n) is 7.81. The molecule has 204 valence electrons. The van der Waals surface area contributed by atoms with Gasteiger partial charge >= 0.3 is 0 Å². The minimum absolute atomic E-state index is 0.186. The topological polar surface area (TPSA) is 97.9 Å². The molecule has 1 aromatic heterocycles. The van der Waals surface area contributed by atoms with E-state index in [9.17, 15) is 9.90 Å². The van der Waals surface area contributed by atoms with Crippen molar-refractivity contribution < 1.29 is 19.4 Å². The molecule has 2 aliphatic rings. The van der Waals surface area contributed by atoms with Crippen LogP contribution in [-0.4, -0.2) is 47.1 Å². The third-order valence-corrected chi connectivity index (χ3v) is 8.34. The van der Waals surface area contributed by atoms with Crippen molar-refractivity contribution in [1.82, 2.24) is 9.88 Å². The summed E-state index contributed by atoms with van der Waals surface area (Å²) in [7, 11) is 0. The number of halogens is 1. The molecule has 2 aromatic carbocycles. The lowest BCUT2D eigenvalue weighted by Gasteiger charge is -2.50. The maximum absolute atomic E-state index is 11.7. The number of fused-ring (bicyclic) bond motifs is 2. The predicted octanol–water partition coefficient (Wildman–Crippen LogP) is 5.04. The van der Waals surface area contributed by atoms with Crippen molar-refractivity contribution in [1.29, 1.82) is 0 Å². The number of piperidine rings is 1. The van der Waals surface area contributed by atoms with E-state index in [0.717, 1.165) is 64.2 Å². The highest BCUT2D eigenvalue weighted by Crippen LogP contribution is 2.46. The summed E-state index contributed by atoms with van der Waals surface area (Å²) in [5, 5.41) is 11.7. The lowest BCUT2D eigenvalue weighted by atomic mass is 9.66. The lowest BCUT2D eigenvalue weighted by molar-refractivity contribution is -0.125. The summed E-state index contributed by atoms with van der Waals surface area (Å²) in [5.74, 6) is 0.770. The van der Waals surface area contributed by atoms with Gasteiger partial charge in [0.1, 0.15) is 18.1 Å². The van der Waals surface area contributed by atoms with Gasteiger partial charge in [-0.1, -0.05) is 54.1 Å². The SMILES string of the molecule is CC1(C)CN(CC/C=C2/c3cc(OCC(N)=O)ccc3OCc3ncccc32)CC[C@]1(O)c1ccc(Br)cc1. The molecule has 0 bridgehead atoms. The van der Waals surface area contributed by atoms with Gasteiger partial charge in [0.15, 0.2) is 6.61 Å². The number of primary amides is 1. The molecule has 0 aliphatic carbocycles. The van der Waals surface area contributed by atoms with Gasteiger partial charge in [0.25, 0.3) is 5.91 Å². The number of nitrogens with two attached hydrogens (primary N) is 1. The number of rotatable bonds is 7. The first kappa shape index (κ1) is 27.4. The quantitative estimate of drug-likeness (QED) is 0.399. The van der Waals surface area contributed by atoms with Gasteiger partial charge in [0.05, 0.1) is 11.3 Å². The smallest absolute Gasteiger partial charge is 0.255 e. The Morgan fingerprint density at radius 3 is 2.74 bits per heavy atom. The number of amides is 1. The summed E-state index contributed by atoms with van der Waals surface area (Å²) in [4.78, 5) is 18.2. The highest BCUT2D eigenvalue weighted by molar-refractivity contribution is 9.10. The molecule has 0 saturated carbocycles. The number of pyridine rings is 1. The first-order valence-electron chi connectivity index (χ1n) is 13.2. The summed E-state index contributed by atoms with van der Waals surface area (Å²) in [5.41, 5.74) is 8.85. The Morgan fingerprint density at radius 2 is 2.00 bits per heavy atom. The molecule has 0 radical (unpaired) electrons. The van der Waals surface area contributed by atoms with Crippen LogP contribution in [0.25, 0.3) is 5.57 Å². The Morgan fingerprint density at radius 1 is 1.21 bits per heavy atom. The number of benzene rings is 2. The Balaban J connectivity index is 1.37. The Bertz CT molecular complexity index is 1390. The van der Waals surface area contributed by atoms with Crippen molar-refractivity contribution >= 4 is 27.4 Å². The number of aromatic nitrogens is 1. The van der Waals surface area contributed by atoms with E-state index in [1.165, 1.54) is 0 Å². The molecule has 0 unspecified atom stereocenters. The molecule has 0 spiro atoms. The van der Waals surface area contributed by atoms with Crippen LogP contribution in [0.3, 0.4) is 0 Å². The predicted molar refractivity (Wildman–Crippen MR) is 154 cm³/mol.